The summed E-state index contributed by atoms with van der Waals surface area (Å²) < 4.78 is 1.10. The number of carbonyl (C=O) groups is 1. The summed E-state index contributed by atoms with van der Waals surface area (Å²) in [5, 5.41) is 0.789. The molecule has 1 aromatic carbocycles. The van der Waals surface area contributed by atoms with Gasteiger partial charge in [-0.15, -0.1) is 11.3 Å². The largest absolute Gasteiger partial charge is 0.339 e. The summed E-state index contributed by atoms with van der Waals surface area (Å²) in [6, 6.07) is 11.6. The first kappa shape index (κ1) is 14.7. The molecule has 0 spiro atoms. The molecule has 0 fully saturated rings. The maximum atomic E-state index is 12.7. The van der Waals surface area contributed by atoms with Gasteiger partial charge in [-0.2, -0.15) is 0 Å². The van der Waals surface area contributed by atoms with Gasteiger partial charge in [0.2, 0.25) is 0 Å². The Hall–Kier alpha value is -2.27. The van der Waals surface area contributed by atoms with Crippen molar-refractivity contribution in [1.29, 1.82) is 0 Å². The van der Waals surface area contributed by atoms with Crippen molar-refractivity contribution in [2.75, 3.05) is 13.1 Å². The fourth-order valence-electron chi connectivity index (χ4n) is 2.40. The summed E-state index contributed by atoms with van der Waals surface area (Å²) in [6.45, 7) is 5.33. The number of amides is 1. The van der Waals surface area contributed by atoms with Gasteiger partial charge in [0.25, 0.3) is 5.91 Å². The zero-order valence-electron chi connectivity index (χ0n) is 12.6. The van der Waals surface area contributed by atoms with Crippen molar-refractivity contribution >= 4 is 27.5 Å². The van der Waals surface area contributed by atoms with Crippen LogP contribution in [0.5, 0.6) is 0 Å². The first-order valence-electron chi connectivity index (χ1n) is 7.34. The summed E-state index contributed by atoms with van der Waals surface area (Å²) in [5.41, 5.74) is 2.22. The molecule has 0 atom stereocenters. The first-order valence-corrected chi connectivity index (χ1v) is 8.16. The monoisotopic (exact) mass is 311 g/mol. The Bertz CT molecular complexity index is 775. The van der Waals surface area contributed by atoms with Gasteiger partial charge < -0.3 is 4.90 Å². The van der Waals surface area contributed by atoms with Crippen molar-refractivity contribution in [2.24, 2.45) is 0 Å². The van der Waals surface area contributed by atoms with Gasteiger partial charge in [0, 0.05) is 19.3 Å². The lowest BCUT2D eigenvalue weighted by molar-refractivity contribution is 0.0773. The molecule has 0 radical (unpaired) electrons. The van der Waals surface area contributed by atoms with Crippen molar-refractivity contribution in [3.63, 3.8) is 0 Å². The second-order valence-corrected chi connectivity index (χ2v) is 5.89. The van der Waals surface area contributed by atoms with E-state index in [9.17, 15) is 4.79 Å². The van der Waals surface area contributed by atoms with Crippen LogP contribution >= 0.6 is 11.3 Å². The summed E-state index contributed by atoms with van der Waals surface area (Å²) in [6.07, 6.45) is 1.71. The zero-order valence-corrected chi connectivity index (χ0v) is 13.4. The Kier molecular flexibility index (Phi) is 4.15. The Balaban J connectivity index is 2.09. The number of carbonyl (C=O) groups excluding carboxylic acids is 1. The van der Waals surface area contributed by atoms with E-state index in [1.807, 2.05) is 44.2 Å². The van der Waals surface area contributed by atoms with Crippen molar-refractivity contribution in [3.8, 4) is 10.7 Å². The molecule has 0 N–H and O–H groups in total. The molecule has 3 aromatic rings. The number of thiazole rings is 1. The molecule has 0 saturated carbocycles. The molecule has 0 aliphatic heterocycles. The number of hydrogen-bond acceptors (Lipinski definition) is 4. The molecule has 22 heavy (non-hydrogen) atoms. The second kappa shape index (κ2) is 6.23. The summed E-state index contributed by atoms with van der Waals surface area (Å²) >= 11 is 1.56. The standard InChI is InChI=1S/C17H17N3OS/c1-3-20(4-2)17(21)12-8-7-11-18-15(12)16-19-13-9-5-6-10-14(13)22-16/h5-11H,3-4H2,1-2H3. The van der Waals surface area contributed by atoms with Crippen LogP contribution in [0.4, 0.5) is 0 Å². The Morgan fingerprint density at radius 2 is 1.91 bits per heavy atom. The number of aromatic nitrogens is 2. The van der Waals surface area contributed by atoms with Gasteiger partial charge in [0.1, 0.15) is 10.7 Å². The fourth-order valence-corrected chi connectivity index (χ4v) is 3.38. The Labute approximate surface area is 133 Å². The number of benzene rings is 1. The molecule has 0 unspecified atom stereocenters. The molecule has 5 heteroatoms. The summed E-state index contributed by atoms with van der Waals surface area (Å²) in [7, 11) is 0. The molecule has 4 nitrogen and oxygen atoms in total. The molecule has 3 rings (SSSR count). The highest BCUT2D eigenvalue weighted by molar-refractivity contribution is 7.21. The van der Waals surface area contributed by atoms with E-state index in [4.69, 9.17) is 0 Å². The van der Waals surface area contributed by atoms with Gasteiger partial charge in [0.15, 0.2) is 0 Å². The average molecular weight is 311 g/mol. The maximum Gasteiger partial charge on any atom is 0.256 e. The molecular weight excluding hydrogens is 294 g/mol. The molecule has 2 heterocycles. The highest BCUT2D eigenvalue weighted by Gasteiger charge is 2.20. The smallest absolute Gasteiger partial charge is 0.256 e. The molecule has 1 amide bonds. The number of para-hydroxylation sites is 1. The predicted octanol–water partition coefficient (Wildman–Crippen LogP) is 3.84. The van der Waals surface area contributed by atoms with Crippen molar-refractivity contribution < 1.29 is 4.79 Å². The minimum atomic E-state index is 0.00681. The number of fused-ring (bicyclic) bond motifs is 1. The quantitative estimate of drug-likeness (QED) is 0.735. The van der Waals surface area contributed by atoms with Gasteiger partial charge in [-0.25, -0.2) is 4.98 Å². The van der Waals surface area contributed by atoms with Crippen molar-refractivity contribution in [2.45, 2.75) is 13.8 Å². The van der Waals surface area contributed by atoms with Crippen LogP contribution in [-0.2, 0) is 0 Å². The van der Waals surface area contributed by atoms with E-state index in [-0.39, 0.29) is 5.91 Å². The molecule has 0 aliphatic rings. The van der Waals surface area contributed by atoms with Gasteiger partial charge in [-0.3, -0.25) is 9.78 Å². The van der Waals surface area contributed by atoms with Crippen LogP contribution in [0.3, 0.4) is 0 Å². The third kappa shape index (κ3) is 2.60. The van der Waals surface area contributed by atoms with E-state index in [2.05, 4.69) is 9.97 Å². The molecule has 112 valence electrons. The van der Waals surface area contributed by atoms with E-state index in [1.165, 1.54) is 0 Å². The van der Waals surface area contributed by atoms with Gasteiger partial charge in [-0.1, -0.05) is 12.1 Å². The van der Waals surface area contributed by atoms with E-state index in [0.29, 0.717) is 24.3 Å². The first-order chi connectivity index (χ1) is 10.7. The van der Waals surface area contributed by atoms with E-state index < -0.39 is 0 Å². The van der Waals surface area contributed by atoms with Gasteiger partial charge in [0.05, 0.1) is 15.8 Å². The summed E-state index contributed by atoms with van der Waals surface area (Å²) in [4.78, 5) is 23.5. The third-order valence-electron chi connectivity index (χ3n) is 3.59. The average Bonchev–Trinajstić information content (AvgIpc) is 2.99. The highest BCUT2D eigenvalue weighted by Crippen LogP contribution is 2.31. The zero-order chi connectivity index (χ0) is 15.5. The molecule has 0 bridgehead atoms. The van der Waals surface area contributed by atoms with Gasteiger partial charge in [-0.05, 0) is 38.1 Å². The normalized spacial score (nSPS) is 10.8. The second-order valence-electron chi connectivity index (χ2n) is 4.86. The van der Waals surface area contributed by atoms with Crippen molar-refractivity contribution in [3.05, 3.63) is 48.2 Å². The Morgan fingerprint density at radius 1 is 1.14 bits per heavy atom. The minimum absolute atomic E-state index is 0.00681. The lowest BCUT2D eigenvalue weighted by atomic mass is 10.1. The van der Waals surface area contributed by atoms with Crippen LogP contribution in [0.2, 0.25) is 0 Å². The van der Waals surface area contributed by atoms with Crippen LogP contribution in [0.1, 0.15) is 24.2 Å². The number of pyridine rings is 1. The van der Waals surface area contributed by atoms with Crippen LogP contribution in [0, 0.1) is 0 Å². The third-order valence-corrected chi connectivity index (χ3v) is 4.63. The van der Waals surface area contributed by atoms with E-state index in [1.54, 1.807) is 28.5 Å². The molecule has 0 saturated heterocycles. The SMILES string of the molecule is CCN(CC)C(=O)c1cccnc1-c1nc2ccccc2s1. The Morgan fingerprint density at radius 3 is 2.64 bits per heavy atom. The molecule has 0 aliphatic carbocycles. The summed E-state index contributed by atoms with van der Waals surface area (Å²) in [5.74, 6) is 0.00681. The van der Waals surface area contributed by atoms with Crippen LogP contribution in [0.15, 0.2) is 42.6 Å². The highest BCUT2D eigenvalue weighted by atomic mass is 32.1. The fraction of sp³-hybridized carbons (Fsp3) is 0.235. The van der Waals surface area contributed by atoms with Crippen LogP contribution in [0.25, 0.3) is 20.9 Å². The van der Waals surface area contributed by atoms with Crippen LogP contribution in [-0.4, -0.2) is 33.9 Å². The maximum absolute atomic E-state index is 12.7. The van der Waals surface area contributed by atoms with E-state index in [0.717, 1.165) is 15.2 Å². The molecule has 2 aromatic heterocycles. The van der Waals surface area contributed by atoms with Crippen LogP contribution < -0.4 is 0 Å². The molecular formula is C17H17N3OS. The van der Waals surface area contributed by atoms with E-state index >= 15 is 0 Å². The topological polar surface area (TPSA) is 46.1 Å². The minimum Gasteiger partial charge on any atom is -0.339 e. The predicted molar refractivity (Wildman–Crippen MR) is 90.1 cm³/mol. The number of rotatable bonds is 4. The lowest BCUT2D eigenvalue weighted by Gasteiger charge is -2.19. The lowest BCUT2D eigenvalue weighted by Crippen LogP contribution is -2.31. The number of nitrogens with zero attached hydrogens (tertiary/aromatic N) is 3. The van der Waals surface area contributed by atoms with Gasteiger partial charge >= 0.3 is 0 Å². The van der Waals surface area contributed by atoms with Crippen molar-refractivity contribution in [1.82, 2.24) is 14.9 Å². The number of hydrogen-bond donors (Lipinski definition) is 0.